The first-order chi connectivity index (χ1) is 6.29. The summed E-state index contributed by atoms with van der Waals surface area (Å²) in [5.41, 5.74) is 1.81. The van der Waals surface area contributed by atoms with Crippen molar-refractivity contribution >= 4 is 18.2 Å². The topological polar surface area (TPSA) is 53.4 Å². The van der Waals surface area contributed by atoms with Gasteiger partial charge in [0.05, 0.1) is 11.8 Å². The highest BCUT2D eigenvalue weighted by Gasteiger charge is 2.04. The molecule has 0 aliphatic carbocycles. The van der Waals surface area contributed by atoms with Crippen LogP contribution in [0.4, 0.5) is 5.82 Å². The lowest BCUT2D eigenvalue weighted by Crippen LogP contribution is -1.91. The van der Waals surface area contributed by atoms with Gasteiger partial charge in [0.2, 0.25) is 0 Å². The third-order valence-corrected chi connectivity index (χ3v) is 1.50. The number of nitrogens with one attached hydrogen (secondary N) is 1. The number of hydrogen-bond donors (Lipinski definition) is 1. The van der Waals surface area contributed by atoms with Gasteiger partial charge in [-0.1, -0.05) is 13.8 Å². The van der Waals surface area contributed by atoms with E-state index in [1.807, 2.05) is 20.8 Å². The van der Waals surface area contributed by atoms with Crippen molar-refractivity contribution < 1.29 is 0 Å². The molecule has 4 heteroatoms. The monoisotopic (exact) mass is 180 g/mol. The molecule has 72 valence electrons. The summed E-state index contributed by atoms with van der Waals surface area (Å²) in [5.74, 6) is 0.674. The van der Waals surface area contributed by atoms with Crippen LogP contribution in [0.5, 0.6) is 0 Å². The van der Waals surface area contributed by atoms with E-state index in [4.69, 9.17) is 0 Å². The van der Waals surface area contributed by atoms with Gasteiger partial charge in [-0.25, -0.2) is 4.99 Å². The Labute approximate surface area is 78.8 Å². The fourth-order valence-electron chi connectivity index (χ4n) is 0.785. The predicted molar refractivity (Wildman–Crippen MR) is 57.3 cm³/mol. The van der Waals surface area contributed by atoms with Gasteiger partial charge in [-0.3, -0.25) is 10.1 Å². The minimum absolute atomic E-state index is 0.674. The number of aromatic amines is 1. The van der Waals surface area contributed by atoms with Crippen LogP contribution in [0.2, 0.25) is 0 Å². The van der Waals surface area contributed by atoms with Crippen molar-refractivity contribution in [1.29, 1.82) is 0 Å². The Morgan fingerprint density at radius 3 is 2.62 bits per heavy atom. The highest BCUT2D eigenvalue weighted by atomic mass is 15.2. The zero-order valence-electron chi connectivity index (χ0n) is 8.63. The van der Waals surface area contributed by atoms with Crippen molar-refractivity contribution in [2.45, 2.75) is 20.8 Å². The number of hydrogen-bond acceptors (Lipinski definition) is 3. The Hall–Kier alpha value is -1.45. The number of nitrogens with zero attached hydrogens (tertiary/aromatic N) is 3. The molecule has 1 aromatic heterocycles. The molecule has 0 fully saturated rings. The molecular formula is C9H16N4. The number of rotatable bonds is 2. The van der Waals surface area contributed by atoms with Gasteiger partial charge < -0.3 is 0 Å². The molecule has 13 heavy (non-hydrogen) atoms. The van der Waals surface area contributed by atoms with E-state index in [2.05, 4.69) is 26.9 Å². The van der Waals surface area contributed by atoms with E-state index in [-0.39, 0.29) is 0 Å². The molecule has 0 spiro atoms. The molecule has 0 unspecified atom stereocenters. The van der Waals surface area contributed by atoms with Crippen molar-refractivity contribution in [3.05, 3.63) is 11.8 Å². The summed E-state index contributed by atoms with van der Waals surface area (Å²) in [6.07, 6.45) is 1.69. The van der Waals surface area contributed by atoms with Crippen molar-refractivity contribution in [2.24, 2.45) is 9.98 Å². The Bertz CT molecular complexity index is 286. The van der Waals surface area contributed by atoms with Gasteiger partial charge in [0, 0.05) is 12.8 Å². The third-order valence-electron chi connectivity index (χ3n) is 1.50. The zero-order valence-corrected chi connectivity index (χ0v) is 8.63. The third kappa shape index (κ3) is 2.82. The maximum atomic E-state index is 4.01. The van der Waals surface area contributed by atoms with Crippen LogP contribution in [0.15, 0.2) is 16.2 Å². The first-order valence-electron chi connectivity index (χ1n) is 4.23. The summed E-state index contributed by atoms with van der Waals surface area (Å²) in [4.78, 5) is 7.76. The van der Waals surface area contributed by atoms with E-state index in [0.717, 1.165) is 11.3 Å². The molecular weight excluding hydrogens is 164 g/mol. The van der Waals surface area contributed by atoms with E-state index in [0.29, 0.717) is 5.82 Å². The average molecular weight is 180 g/mol. The lowest BCUT2D eigenvalue weighted by atomic mass is 10.2. The van der Waals surface area contributed by atoms with Crippen LogP contribution < -0.4 is 0 Å². The largest absolute Gasteiger partial charge is 0.293 e. The summed E-state index contributed by atoms with van der Waals surface area (Å²) in [5, 5.41) is 6.53. The van der Waals surface area contributed by atoms with Crippen LogP contribution in [-0.2, 0) is 0 Å². The maximum Gasteiger partial charge on any atom is 0.156 e. The van der Waals surface area contributed by atoms with Gasteiger partial charge in [0.1, 0.15) is 0 Å². The quantitative estimate of drug-likeness (QED) is 0.697. The Balaban J connectivity index is 0.000000671. The molecule has 0 bridgehead atoms. The maximum absolute atomic E-state index is 4.01. The SMILES string of the molecule is C=Nc1[nH]ncc1C(C)=NC.CC. The molecule has 1 N–H and O–H groups in total. The van der Waals surface area contributed by atoms with Crippen LogP contribution in [0.1, 0.15) is 26.3 Å². The predicted octanol–water partition coefficient (Wildman–Crippen LogP) is 2.21. The van der Waals surface area contributed by atoms with Crippen LogP contribution >= 0.6 is 0 Å². The molecule has 0 amide bonds. The minimum atomic E-state index is 0.674. The van der Waals surface area contributed by atoms with E-state index < -0.39 is 0 Å². The standard InChI is InChI=1S/C7H10N4.C2H6/c1-5(8-2)6-4-10-11-7(6)9-3;1-2/h4H,3H2,1-2H3,(H,10,11);1-2H3. The molecule has 1 rings (SSSR count). The second-order valence-electron chi connectivity index (χ2n) is 2.10. The van der Waals surface area contributed by atoms with E-state index in [1.165, 1.54) is 0 Å². The first kappa shape index (κ1) is 11.6. The minimum Gasteiger partial charge on any atom is -0.293 e. The first-order valence-corrected chi connectivity index (χ1v) is 4.23. The van der Waals surface area contributed by atoms with E-state index in [1.54, 1.807) is 13.2 Å². The summed E-state index contributed by atoms with van der Waals surface area (Å²) in [7, 11) is 1.73. The Morgan fingerprint density at radius 1 is 1.54 bits per heavy atom. The molecule has 1 heterocycles. The van der Waals surface area contributed by atoms with Gasteiger partial charge in [0.15, 0.2) is 5.82 Å². The number of aliphatic imine (C=N–C) groups is 2. The van der Waals surface area contributed by atoms with Crippen LogP contribution in [-0.4, -0.2) is 29.7 Å². The highest BCUT2D eigenvalue weighted by Crippen LogP contribution is 2.14. The summed E-state index contributed by atoms with van der Waals surface area (Å²) >= 11 is 0. The second-order valence-corrected chi connectivity index (χ2v) is 2.10. The van der Waals surface area contributed by atoms with Crippen LogP contribution in [0.3, 0.4) is 0 Å². The molecule has 0 radical (unpaired) electrons. The normalized spacial score (nSPS) is 10.3. The molecule has 0 saturated carbocycles. The number of aromatic nitrogens is 2. The number of H-pyrrole nitrogens is 1. The molecule has 0 saturated heterocycles. The summed E-state index contributed by atoms with van der Waals surface area (Å²) in [6.45, 7) is 9.31. The van der Waals surface area contributed by atoms with Gasteiger partial charge in [-0.2, -0.15) is 5.10 Å². The lowest BCUT2D eigenvalue weighted by molar-refractivity contribution is 1.08. The van der Waals surface area contributed by atoms with Crippen LogP contribution in [0, 0.1) is 0 Å². The van der Waals surface area contributed by atoms with Crippen molar-refractivity contribution in [3.63, 3.8) is 0 Å². The van der Waals surface area contributed by atoms with E-state index >= 15 is 0 Å². The summed E-state index contributed by atoms with van der Waals surface area (Å²) < 4.78 is 0. The smallest absolute Gasteiger partial charge is 0.156 e. The summed E-state index contributed by atoms with van der Waals surface area (Å²) in [6, 6.07) is 0. The Kier molecular flexibility index (Phi) is 5.43. The molecule has 0 aliphatic heterocycles. The molecule has 0 atom stereocenters. The zero-order chi connectivity index (χ0) is 10.3. The van der Waals surface area contributed by atoms with Crippen molar-refractivity contribution in [1.82, 2.24) is 10.2 Å². The molecule has 1 aromatic rings. The van der Waals surface area contributed by atoms with Crippen molar-refractivity contribution in [3.8, 4) is 0 Å². The van der Waals surface area contributed by atoms with E-state index in [9.17, 15) is 0 Å². The lowest BCUT2D eigenvalue weighted by Gasteiger charge is -1.93. The van der Waals surface area contributed by atoms with Crippen molar-refractivity contribution in [2.75, 3.05) is 7.05 Å². The fraction of sp³-hybridized carbons (Fsp3) is 0.444. The van der Waals surface area contributed by atoms with Gasteiger partial charge in [-0.15, -0.1) is 0 Å². The second kappa shape index (κ2) is 6.11. The molecule has 4 nitrogen and oxygen atoms in total. The fourth-order valence-corrected chi connectivity index (χ4v) is 0.785. The van der Waals surface area contributed by atoms with Gasteiger partial charge in [-0.05, 0) is 13.6 Å². The van der Waals surface area contributed by atoms with Crippen LogP contribution in [0.25, 0.3) is 0 Å². The van der Waals surface area contributed by atoms with Gasteiger partial charge >= 0.3 is 0 Å². The molecule has 0 aliphatic rings. The Morgan fingerprint density at radius 2 is 2.15 bits per heavy atom. The van der Waals surface area contributed by atoms with Gasteiger partial charge in [0.25, 0.3) is 0 Å². The highest BCUT2D eigenvalue weighted by molar-refractivity contribution is 6.02. The molecule has 0 aromatic carbocycles. The average Bonchev–Trinajstić information content (AvgIpc) is 2.67.